The number of fused-ring (bicyclic) bond motifs is 8. The van der Waals surface area contributed by atoms with Gasteiger partial charge in [-0.3, -0.25) is 9.97 Å². The van der Waals surface area contributed by atoms with E-state index in [1.54, 1.807) is 0 Å². The van der Waals surface area contributed by atoms with Crippen molar-refractivity contribution in [3.8, 4) is 55.8 Å². The minimum absolute atomic E-state index is 0.987. The third-order valence-electron chi connectivity index (χ3n) is 12.1. The molecule has 0 radical (unpaired) electrons. The Morgan fingerprint density at radius 3 is 1.40 bits per heavy atom. The van der Waals surface area contributed by atoms with Crippen LogP contribution in [0.2, 0.25) is 0 Å². The van der Waals surface area contributed by atoms with Crippen LogP contribution in [0.1, 0.15) is 0 Å². The van der Waals surface area contributed by atoms with Crippen molar-refractivity contribution in [1.82, 2.24) is 15.0 Å². The zero-order chi connectivity index (χ0) is 39.6. The van der Waals surface area contributed by atoms with Crippen LogP contribution in [0.5, 0.6) is 0 Å². The number of benzene rings is 9. The highest BCUT2D eigenvalue weighted by Crippen LogP contribution is 2.49. The van der Waals surface area contributed by atoms with E-state index < -0.39 is 0 Å². The molecular weight excluding hydrogens is 727 g/mol. The first-order valence-corrected chi connectivity index (χ1v) is 20.4. The fraction of sp³-hybridized carbons (Fsp3) is 0. The standard InChI is InChI=1S/C57H35N3/c1-2-14-36(15-3-1)57-52-33-50(44-20-6-7-21-45(44)56(52)51-31-37-16-4-5-17-38(37)32-53(51)60-57)55-48-24-10-8-22-46(48)54(47-23-9-11-25-49(47)55)43-29-41(39-18-12-26-58-34-39)28-42(30-43)40-19-13-27-59-35-40/h1-35H. The molecule has 0 unspecified atom stereocenters. The average molecular weight is 762 g/mol. The number of rotatable bonds is 5. The predicted molar refractivity (Wildman–Crippen MR) is 252 cm³/mol. The van der Waals surface area contributed by atoms with Crippen LogP contribution < -0.4 is 0 Å². The molecule has 0 saturated heterocycles. The SMILES string of the molecule is c1ccc(-c2nc3cc4ccccc4cc3c3c2cc(-c2c4ccccc4c(-c4cc(-c5cccnc5)cc(-c5cccnc5)c4)c4ccccc24)c2ccccc23)cc1. The van der Waals surface area contributed by atoms with Gasteiger partial charge in [-0.15, -0.1) is 0 Å². The van der Waals surface area contributed by atoms with Gasteiger partial charge in [0, 0.05) is 57.6 Å². The van der Waals surface area contributed by atoms with Gasteiger partial charge in [0.2, 0.25) is 0 Å². The summed E-state index contributed by atoms with van der Waals surface area (Å²) >= 11 is 0. The van der Waals surface area contributed by atoms with Crippen LogP contribution in [0.4, 0.5) is 0 Å². The molecule has 12 rings (SSSR count). The van der Waals surface area contributed by atoms with Crippen molar-refractivity contribution in [3.05, 3.63) is 213 Å². The van der Waals surface area contributed by atoms with Crippen LogP contribution in [0, 0.1) is 0 Å². The van der Waals surface area contributed by atoms with E-state index in [0.29, 0.717) is 0 Å². The minimum Gasteiger partial charge on any atom is -0.264 e. The van der Waals surface area contributed by atoms with E-state index in [4.69, 9.17) is 4.98 Å². The summed E-state index contributed by atoms with van der Waals surface area (Å²) in [5.74, 6) is 0. The molecule has 0 spiro atoms. The van der Waals surface area contributed by atoms with Crippen molar-refractivity contribution in [3.63, 3.8) is 0 Å². The van der Waals surface area contributed by atoms with Crippen LogP contribution >= 0.6 is 0 Å². The summed E-state index contributed by atoms with van der Waals surface area (Å²) in [6.07, 6.45) is 7.55. The molecule has 0 aliphatic carbocycles. The number of pyridine rings is 3. The lowest BCUT2D eigenvalue weighted by Gasteiger charge is -2.21. The molecule has 3 aromatic heterocycles. The molecule has 60 heavy (non-hydrogen) atoms. The number of hydrogen-bond donors (Lipinski definition) is 0. The Morgan fingerprint density at radius 2 is 0.800 bits per heavy atom. The largest absolute Gasteiger partial charge is 0.264 e. The van der Waals surface area contributed by atoms with Gasteiger partial charge in [-0.05, 0) is 125 Å². The average Bonchev–Trinajstić information content (AvgIpc) is 3.32. The molecule has 278 valence electrons. The monoisotopic (exact) mass is 761 g/mol. The fourth-order valence-electron chi connectivity index (χ4n) is 9.48. The fourth-order valence-corrected chi connectivity index (χ4v) is 9.48. The summed E-state index contributed by atoms with van der Waals surface area (Å²) in [7, 11) is 0. The molecule has 9 aromatic carbocycles. The Balaban J connectivity index is 1.21. The maximum atomic E-state index is 5.50. The second-order valence-electron chi connectivity index (χ2n) is 15.6. The van der Waals surface area contributed by atoms with E-state index >= 15 is 0 Å². The quantitative estimate of drug-likeness (QED) is 0.129. The molecule has 0 saturated carbocycles. The third kappa shape index (κ3) is 5.48. The first kappa shape index (κ1) is 34.1. The number of aromatic nitrogens is 3. The van der Waals surface area contributed by atoms with Gasteiger partial charge in [0.15, 0.2) is 0 Å². The van der Waals surface area contributed by atoms with Crippen LogP contribution in [0.15, 0.2) is 213 Å². The molecule has 0 bridgehead atoms. The van der Waals surface area contributed by atoms with Gasteiger partial charge in [0.1, 0.15) is 0 Å². The highest BCUT2D eigenvalue weighted by atomic mass is 14.7. The molecule has 0 amide bonds. The van der Waals surface area contributed by atoms with Gasteiger partial charge in [-0.2, -0.15) is 0 Å². The van der Waals surface area contributed by atoms with Crippen molar-refractivity contribution in [2.24, 2.45) is 0 Å². The van der Waals surface area contributed by atoms with Crippen LogP contribution in [0.3, 0.4) is 0 Å². The lowest BCUT2D eigenvalue weighted by molar-refractivity contribution is 1.32. The molecule has 0 aliphatic heterocycles. The molecule has 0 aliphatic rings. The Hall–Kier alpha value is -8.01. The highest BCUT2D eigenvalue weighted by Gasteiger charge is 2.22. The summed E-state index contributed by atoms with van der Waals surface area (Å²) in [6, 6.07) is 68.3. The zero-order valence-electron chi connectivity index (χ0n) is 32.5. The first-order valence-electron chi connectivity index (χ1n) is 20.4. The Kier molecular flexibility index (Phi) is 7.85. The zero-order valence-corrected chi connectivity index (χ0v) is 32.5. The van der Waals surface area contributed by atoms with Crippen molar-refractivity contribution in [2.75, 3.05) is 0 Å². The summed E-state index contributed by atoms with van der Waals surface area (Å²) in [5.41, 5.74) is 12.2. The van der Waals surface area contributed by atoms with Gasteiger partial charge in [-0.1, -0.05) is 140 Å². The minimum atomic E-state index is 0.987. The lowest BCUT2D eigenvalue weighted by Crippen LogP contribution is -1.95. The highest BCUT2D eigenvalue weighted by molar-refractivity contribution is 6.30. The molecule has 12 aromatic rings. The maximum Gasteiger partial charge on any atom is 0.0788 e. The molecule has 3 nitrogen and oxygen atoms in total. The smallest absolute Gasteiger partial charge is 0.0788 e. The van der Waals surface area contributed by atoms with Gasteiger partial charge >= 0.3 is 0 Å². The van der Waals surface area contributed by atoms with E-state index in [2.05, 4.69) is 186 Å². The molecular formula is C57H35N3. The normalized spacial score (nSPS) is 11.7. The van der Waals surface area contributed by atoms with Gasteiger partial charge < -0.3 is 0 Å². The first-order chi connectivity index (χ1) is 29.8. The topological polar surface area (TPSA) is 38.7 Å². The number of nitrogens with zero attached hydrogens (tertiary/aromatic N) is 3. The van der Waals surface area contributed by atoms with Crippen molar-refractivity contribution < 1.29 is 0 Å². The van der Waals surface area contributed by atoms with Gasteiger partial charge in [0.25, 0.3) is 0 Å². The van der Waals surface area contributed by atoms with Crippen LogP contribution in [-0.2, 0) is 0 Å². The van der Waals surface area contributed by atoms with Crippen molar-refractivity contribution >= 4 is 64.8 Å². The predicted octanol–water partition coefficient (Wildman–Crippen LogP) is 15.1. The molecule has 0 N–H and O–H groups in total. The molecule has 3 heterocycles. The van der Waals surface area contributed by atoms with Crippen LogP contribution in [0.25, 0.3) is 121 Å². The summed E-state index contributed by atoms with van der Waals surface area (Å²) in [6.45, 7) is 0. The van der Waals surface area contributed by atoms with E-state index in [9.17, 15) is 0 Å². The second kappa shape index (κ2) is 13.8. The van der Waals surface area contributed by atoms with Gasteiger partial charge in [-0.25, -0.2) is 4.98 Å². The molecule has 0 fully saturated rings. The lowest BCUT2D eigenvalue weighted by atomic mass is 9.82. The Morgan fingerprint density at radius 1 is 0.300 bits per heavy atom. The van der Waals surface area contributed by atoms with Crippen molar-refractivity contribution in [1.29, 1.82) is 0 Å². The third-order valence-corrected chi connectivity index (χ3v) is 12.1. The Bertz CT molecular complexity index is 3520. The maximum absolute atomic E-state index is 5.50. The van der Waals surface area contributed by atoms with E-state index in [0.717, 1.165) is 55.4 Å². The van der Waals surface area contributed by atoms with Crippen molar-refractivity contribution in [2.45, 2.75) is 0 Å². The number of hydrogen-bond acceptors (Lipinski definition) is 3. The van der Waals surface area contributed by atoms with E-state index in [1.165, 1.54) is 65.2 Å². The van der Waals surface area contributed by atoms with Gasteiger partial charge in [0.05, 0.1) is 11.2 Å². The van der Waals surface area contributed by atoms with E-state index in [1.807, 2.05) is 36.9 Å². The van der Waals surface area contributed by atoms with E-state index in [-0.39, 0.29) is 0 Å². The van der Waals surface area contributed by atoms with Crippen LogP contribution in [-0.4, -0.2) is 15.0 Å². The molecule has 0 atom stereocenters. The molecule has 3 heteroatoms. The Labute approximate surface area is 346 Å². The second-order valence-corrected chi connectivity index (χ2v) is 15.6. The summed E-state index contributed by atoms with van der Waals surface area (Å²) in [5, 5.41) is 13.1. The summed E-state index contributed by atoms with van der Waals surface area (Å²) in [4.78, 5) is 14.5. The summed E-state index contributed by atoms with van der Waals surface area (Å²) < 4.78 is 0.